The molecule has 0 aliphatic carbocycles. The minimum absolute atomic E-state index is 0.0175. The Labute approximate surface area is 166 Å². The molecule has 2 N–H and O–H groups in total. The van der Waals surface area contributed by atoms with Gasteiger partial charge < -0.3 is 15.3 Å². The second-order valence-electron chi connectivity index (χ2n) is 7.10. The van der Waals surface area contributed by atoms with Crippen LogP contribution in [0.5, 0.6) is 0 Å². The molecule has 0 amide bonds. The zero-order valence-electron chi connectivity index (χ0n) is 15.4. The van der Waals surface area contributed by atoms with Crippen LogP contribution < -0.4 is 10.2 Å². The van der Waals surface area contributed by atoms with E-state index in [1.807, 2.05) is 17.9 Å². The Balaban J connectivity index is 1.77. The molecule has 0 saturated carbocycles. The molecule has 152 valence electrons. The van der Waals surface area contributed by atoms with E-state index >= 15 is 0 Å². The second kappa shape index (κ2) is 8.53. The van der Waals surface area contributed by atoms with Gasteiger partial charge in [-0.2, -0.15) is 13.2 Å². The molecule has 1 aliphatic rings. The van der Waals surface area contributed by atoms with Gasteiger partial charge in [0.1, 0.15) is 5.15 Å². The van der Waals surface area contributed by atoms with Crippen LogP contribution in [-0.2, 0) is 0 Å². The SMILES string of the molecule is C[C@@H](CCO)Nc1cc(Cl)ncc1-c1cc(N2CC(CC(F)(F)F)C2)ccn1. The van der Waals surface area contributed by atoms with E-state index in [0.717, 1.165) is 16.9 Å². The molecule has 3 heterocycles. The maximum absolute atomic E-state index is 12.5. The molecule has 0 bridgehead atoms. The van der Waals surface area contributed by atoms with E-state index in [1.54, 1.807) is 24.5 Å². The zero-order chi connectivity index (χ0) is 20.3. The third kappa shape index (κ3) is 5.26. The standard InChI is InChI=1S/C19H22ClF3N4O/c1-12(3-5-28)26-17-7-18(20)25-9-15(17)16-6-14(2-4-24-16)27-10-13(11-27)8-19(21,22)23/h2,4,6-7,9,12-13,28H,3,5,8,10-11H2,1H3,(H,25,26)/t12-/m0/s1. The summed E-state index contributed by atoms with van der Waals surface area (Å²) in [7, 11) is 0. The summed E-state index contributed by atoms with van der Waals surface area (Å²) < 4.78 is 37.5. The summed E-state index contributed by atoms with van der Waals surface area (Å²) >= 11 is 6.03. The number of aromatic nitrogens is 2. The van der Waals surface area contributed by atoms with Crippen molar-refractivity contribution < 1.29 is 18.3 Å². The number of aliphatic hydroxyl groups excluding tert-OH is 1. The lowest BCUT2D eigenvalue weighted by atomic mass is 9.95. The quantitative estimate of drug-likeness (QED) is 0.659. The summed E-state index contributed by atoms with van der Waals surface area (Å²) in [6.45, 7) is 2.75. The van der Waals surface area contributed by atoms with E-state index < -0.39 is 12.6 Å². The summed E-state index contributed by atoms with van der Waals surface area (Å²) in [5.74, 6) is -0.370. The highest BCUT2D eigenvalue weighted by molar-refractivity contribution is 6.29. The van der Waals surface area contributed by atoms with Crippen molar-refractivity contribution in [3.8, 4) is 11.3 Å². The van der Waals surface area contributed by atoms with Crippen LogP contribution in [0.25, 0.3) is 11.3 Å². The number of halogens is 4. The first kappa shape index (κ1) is 20.7. The Hall–Kier alpha value is -2.06. The van der Waals surface area contributed by atoms with Crippen LogP contribution in [-0.4, -0.2) is 47.0 Å². The average Bonchev–Trinajstić information content (AvgIpc) is 2.57. The Kier molecular flexibility index (Phi) is 6.30. The molecule has 1 atom stereocenters. The lowest BCUT2D eigenvalue weighted by Gasteiger charge is -2.41. The van der Waals surface area contributed by atoms with Crippen LogP contribution in [0.15, 0.2) is 30.6 Å². The maximum Gasteiger partial charge on any atom is 0.389 e. The number of pyridine rings is 2. The molecule has 2 aromatic rings. The van der Waals surface area contributed by atoms with Crippen molar-refractivity contribution in [2.45, 2.75) is 32.0 Å². The van der Waals surface area contributed by atoms with E-state index in [2.05, 4.69) is 15.3 Å². The van der Waals surface area contributed by atoms with Crippen molar-refractivity contribution in [3.63, 3.8) is 0 Å². The molecule has 0 spiro atoms. The summed E-state index contributed by atoms with van der Waals surface area (Å²) in [4.78, 5) is 10.4. The lowest BCUT2D eigenvalue weighted by molar-refractivity contribution is -0.146. The first-order valence-corrected chi connectivity index (χ1v) is 9.44. The fourth-order valence-electron chi connectivity index (χ4n) is 3.29. The molecular weight excluding hydrogens is 393 g/mol. The fourth-order valence-corrected chi connectivity index (χ4v) is 3.44. The number of aliphatic hydroxyl groups is 1. The molecule has 0 radical (unpaired) electrons. The number of anilines is 2. The van der Waals surface area contributed by atoms with E-state index in [1.165, 1.54) is 0 Å². The molecule has 9 heteroatoms. The monoisotopic (exact) mass is 414 g/mol. The van der Waals surface area contributed by atoms with Crippen LogP contribution in [0.4, 0.5) is 24.5 Å². The van der Waals surface area contributed by atoms with Gasteiger partial charge >= 0.3 is 6.18 Å². The minimum atomic E-state index is -4.12. The van der Waals surface area contributed by atoms with Crippen molar-refractivity contribution in [1.29, 1.82) is 0 Å². The molecule has 0 aromatic carbocycles. The van der Waals surface area contributed by atoms with Gasteiger partial charge in [0.2, 0.25) is 0 Å². The van der Waals surface area contributed by atoms with Gasteiger partial charge in [0.15, 0.2) is 0 Å². The van der Waals surface area contributed by atoms with Crippen LogP contribution in [0.1, 0.15) is 19.8 Å². The van der Waals surface area contributed by atoms with Gasteiger partial charge in [0, 0.05) is 67.4 Å². The molecule has 0 unspecified atom stereocenters. The van der Waals surface area contributed by atoms with Crippen LogP contribution >= 0.6 is 11.6 Å². The highest BCUT2D eigenvalue weighted by Gasteiger charge is 2.38. The first-order valence-electron chi connectivity index (χ1n) is 9.06. The number of alkyl halides is 3. The summed E-state index contributed by atoms with van der Waals surface area (Å²) in [5.41, 5.74) is 2.96. The van der Waals surface area contributed by atoms with Crippen molar-refractivity contribution in [1.82, 2.24) is 9.97 Å². The molecule has 5 nitrogen and oxygen atoms in total. The Morgan fingerprint density at radius 2 is 2.07 bits per heavy atom. The number of nitrogens with zero attached hydrogens (tertiary/aromatic N) is 3. The number of rotatable bonds is 7. The molecule has 28 heavy (non-hydrogen) atoms. The predicted octanol–water partition coefficient (Wildman–Crippen LogP) is 4.37. The third-order valence-electron chi connectivity index (χ3n) is 4.70. The highest BCUT2D eigenvalue weighted by Crippen LogP contribution is 2.35. The topological polar surface area (TPSA) is 61.3 Å². The lowest BCUT2D eigenvalue weighted by Crippen LogP contribution is -2.48. The van der Waals surface area contributed by atoms with E-state index in [4.69, 9.17) is 16.7 Å². The van der Waals surface area contributed by atoms with Gasteiger partial charge in [0.25, 0.3) is 0 Å². The number of hydrogen-bond donors (Lipinski definition) is 2. The summed E-state index contributed by atoms with van der Waals surface area (Å²) in [5, 5.41) is 12.7. The van der Waals surface area contributed by atoms with Gasteiger partial charge in [-0.05, 0) is 31.5 Å². The zero-order valence-corrected chi connectivity index (χ0v) is 16.1. The van der Waals surface area contributed by atoms with Crippen molar-refractivity contribution >= 4 is 23.0 Å². The van der Waals surface area contributed by atoms with Crippen molar-refractivity contribution in [2.24, 2.45) is 5.92 Å². The van der Waals surface area contributed by atoms with Crippen LogP contribution in [0, 0.1) is 5.92 Å². The van der Waals surface area contributed by atoms with Gasteiger partial charge in [0.05, 0.1) is 5.69 Å². The fraction of sp³-hybridized carbons (Fsp3) is 0.474. The van der Waals surface area contributed by atoms with Gasteiger partial charge in [-0.3, -0.25) is 4.98 Å². The minimum Gasteiger partial charge on any atom is -0.396 e. The number of nitrogens with one attached hydrogen (secondary N) is 1. The van der Waals surface area contributed by atoms with Crippen LogP contribution in [0.3, 0.4) is 0 Å². The van der Waals surface area contributed by atoms with E-state index in [0.29, 0.717) is 30.4 Å². The van der Waals surface area contributed by atoms with Gasteiger partial charge in [-0.15, -0.1) is 0 Å². The van der Waals surface area contributed by atoms with Crippen molar-refractivity contribution in [3.05, 3.63) is 35.7 Å². The molecule has 3 rings (SSSR count). The Bertz CT molecular complexity index is 812. The summed E-state index contributed by atoms with van der Waals surface area (Å²) in [6.07, 6.45) is -1.05. The smallest absolute Gasteiger partial charge is 0.389 e. The van der Waals surface area contributed by atoms with Crippen molar-refractivity contribution in [2.75, 3.05) is 29.9 Å². The average molecular weight is 415 g/mol. The maximum atomic E-state index is 12.5. The van der Waals surface area contributed by atoms with Crippen LogP contribution in [0.2, 0.25) is 5.15 Å². The molecular formula is C19H22ClF3N4O. The second-order valence-corrected chi connectivity index (χ2v) is 7.49. The molecule has 1 fully saturated rings. The molecule has 1 saturated heterocycles. The summed E-state index contributed by atoms with van der Waals surface area (Å²) in [6, 6.07) is 5.35. The first-order chi connectivity index (χ1) is 13.2. The Morgan fingerprint density at radius 1 is 1.32 bits per heavy atom. The molecule has 2 aromatic heterocycles. The predicted molar refractivity (Wildman–Crippen MR) is 104 cm³/mol. The number of hydrogen-bond acceptors (Lipinski definition) is 5. The third-order valence-corrected chi connectivity index (χ3v) is 4.90. The highest BCUT2D eigenvalue weighted by atomic mass is 35.5. The van der Waals surface area contributed by atoms with Gasteiger partial charge in [-0.1, -0.05) is 11.6 Å². The van der Waals surface area contributed by atoms with E-state index in [-0.39, 0.29) is 18.6 Å². The Morgan fingerprint density at radius 3 is 2.75 bits per heavy atom. The molecule has 1 aliphatic heterocycles. The largest absolute Gasteiger partial charge is 0.396 e. The van der Waals surface area contributed by atoms with Gasteiger partial charge in [-0.25, -0.2) is 4.98 Å². The van der Waals surface area contributed by atoms with E-state index in [9.17, 15) is 13.2 Å². The normalized spacial score (nSPS) is 16.0.